The van der Waals surface area contributed by atoms with Gasteiger partial charge in [-0.2, -0.15) is 0 Å². The van der Waals surface area contributed by atoms with E-state index in [1.807, 2.05) is 13.8 Å². The lowest BCUT2D eigenvalue weighted by molar-refractivity contribution is 0.223. The highest BCUT2D eigenvalue weighted by Crippen LogP contribution is 2.08. The maximum absolute atomic E-state index is 11.0. The van der Waals surface area contributed by atoms with Gasteiger partial charge < -0.3 is 10.1 Å². The molecule has 0 unspecified atom stereocenters. The number of nitrogens with one attached hydrogen (secondary N) is 1. The van der Waals surface area contributed by atoms with Crippen LogP contribution in [-0.4, -0.2) is 31.5 Å². The van der Waals surface area contributed by atoms with Crippen molar-refractivity contribution in [2.75, 3.05) is 5.75 Å². The zero-order valence-electron chi connectivity index (χ0n) is 8.06. The van der Waals surface area contributed by atoms with Gasteiger partial charge in [0.05, 0.1) is 17.9 Å². The molecular weight excluding hydrogens is 222 g/mol. The maximum atomic E-state index is 11.0. The first-order chi connectivity index (χ1) is 6.39. The van der Waals surface area contributed by atoms with E-state index >= 15 is 0 Å². The monoisotopic (exact) mass is 235 g/mol. The minimum Gasteiger partial charge on any atom is -0.468 e. The Kier molecular flexibility index (Phi) is 3.49. The van der Waals surface area contributed by atoms with E-state index in [0.29, 0.717) is 0 Å². The van der Waals surface area contributed by atoms with Gasteiger partial charge in [-0.05, 0) is 32.1 Å². The van der Waals surface area contributed by atoms with Crippen molar-refractivity contribution in [3.63, 3.8) is 0 Å². The lowest BCUT2D eigenvalue weighted by atomic mass is 10.3. The van der Waals surface area contributed by atoms with Crippen LogP contribution in [0.3, 0.4) is 0 Å². The van der Waals surface area contributed by atoms with E-state index < -0.39 is 9.84 Å². The molecule has 0 aromatic carbocycles. The summed E-state index contributed by atoms with van der Waals surface area (Å²) in [6, 6.07) is -0.258. The fourth-order valence-electron chi connectivity index (χ4n) is 1.07. The second kappa shape index (κ2) is 4.27. The third-order valence-electron chi connectivity index (χ3n) is 1.58. The molecule has 0 saturated carbocycles. The van der Waals surface area contributed by atoms with Crippen LogP contribution in [0.5, 0.6) is 0 Å². The molecule has 1 aliphatic rings. The van der Waals surface area contributed by atoms with Gasteiger partial charge in [-0.3, -0.25) is 0 Å². The summed E-state index contributed by atoms with van der Waals surface area (Å²) in [4.78, 5) is 0. The molecule has 1 atom stereocenters. The average molecular weight is 235 g/mol. The van der Waals surface area contributed by atoms with E-state index in [1.165, 1.54) is 5.41 Å². The Morgan fingerprint density at radius 1 is 1.64 bits per heavy atom. The molecule has 0 spiro atoms. The van der Waals surface area contributed by atoms with Gasteiger partial charge in [-0.1, -0.05) is 0 Å². The van der Waals surface area contributed by atoms with Crippen molar-refractivity contribution in [3.8, 4) is 0 Å². The number of ether oxygens (including phenoxy) is 1. The van der Waals surface area contributed by atoms with Gasteiger partial charge in [0.1, 0.15) is 0 Å². The Hall–Kier alpha value is -0.620. The van der Waals surface area contributed by atoms with Crippen molar-refractivity contribution < 1.29 is 13.2 Å². The predicted octanol–water partition coefficient (Wildman–Crippen LogP) is 0.597. The Morgan fingerprint density at radius 2 is 2.29 bits per heavy atom. The summed E-state index contributed by atoms with van der Waals surface area (Å²) in [5, 5.41) is 4.25. The van der Waals surface area contributed by atoms with E-state index in [-0.39, 0.29) is 23.1 Å². The highest BCUT2D eigenvalue weighted by Gasteiger charge is 2.22. The molecular formula is C8H13NO3S2. The third-order valence-corrected chi connectivity index (χ3v) is 3.19. The maximum Gasteiger partial charge on any atom is 0.257 e. The highest BCUT2D eigenvalue weighted by atomic mass is 32.2. The fourth-order valence-corrected chi connectivity index (χ4v) is 2.64. The van der Waals surface area contributed by atoms with Gasteiger partial charge in [-0.25, -0.2) is 8.42 Å². The first-order valence-electron chi connectivity index (χ1n) is 4.27. The smallest absolute Gasteiger partial charge is 0.257 e. The molecule has 0 amide bonds. The van der Waals surface area contributed by atoms with Gasteiger partial charge in [0.15, 0.2) is 9.84 Å². The highest BCUT2D eigenvalue weighted by molar-refractivity contribution is 7.94. The first kappa shape index (κ1) is 11.5. The van der Waals surface area contributed by atoms with Crippen molar-refractivity contribution in [2.45, 2.75) is 26.0 Å². The standard InChI is InChI=1S/C8H13NO3S2/c1-6(2)12-8(13)9-7-3-4-14(10,11)5-7/h3-4,6-7H,5H2,1-2H3,(H,9,13)/t7-/m1/s1. The number of hydrogen-bond acceptors (Lipinski definition) is 4. The van der Waals surface area contributed by atoms with Crippen LogP contribution in [0.25, 0.3) is 0 Å². The summed E-state index contributed by atoms with van der Waals surface area (Å²) < 4.78 is 27.2. The van der Waals surface area contributed by atoms with Crippen molar-refractivity contribution >= 4 is 27.2 Å². The minimum absolute atomic E-state index is 0.00279. The molecule has 0 aliphatic carbocycles. The summed E-state index contributed by atoms with van der Waals surface area (Å²) in [7, 11) is -3.03. The van der Waals surface area contributed by atoms with Crippen LogP contribution in [0, 0.1) is 0 Å². The van der Waals surface area contributed by atoms with Crippen LogP contribution in [0.2, 0.25) is 0 Å². The molecule has 0 bridgehead atoms. The van der Waals surface area contributed by atoms with E-state index in [1.54, 1.807) is 6.08 Å². The van der Waals surface area contributed by atoms with Crippen LogP contribution in [0.4, 0.5) is 0 Å². The first-order valence-corrected chi connectivity index (χ1v) is 6.39. The fraction of sp³-hybridized carbons (Fsp3) is 0.625. The Morgan fingerprint density at radius 3 is 2.71 bits per heavy atom. The van der Waals surface area contributed by atoms with Crippen molar-refractivity contribution in [1.29, 1.82) is 0 Å². The molecule has 0 aromatic rings. The van der Waals surface area contributed by atoms with Gasteiger partial charge in [0.25, 0.3) is 5.17 Å². The van der Waals surface area contributed by atoms with Crippen LogP contribution in [0.15, 0.2) is 11.5 Å². The molecule has 80 valence electrons. The molecule has 0 radical (unpaired) electrons. The van der Waals surface area contributed by atoms with Crippen molar-refractivity contribution in [3.05, 3.63) is 11.5 Å². The topological polar surface area (TPSA) is 55.4 Å². The molecule has 1 rings (SSSR count). The van der Waals surface area contributed by atoms with E-state index in [2.05, 4.69) is 5.32 Å². The van der Waals surface area contributed by atoms with Crippen LogP contribution in [-0.2, 0) is 14.6 Å². The lowest BCUT2D eigenvalue weighted by Gasteiger charge is -2.15. The molecule has 6 heteroatoms. The third kappa shape index (κ3) is 3.63. The van der Waals surface area contributed by atoms with E-state index in [9.17, 15) is 8.42 Å². The quantitative estimate of drug-likeness (QED) is 0.710. The second-order valence-corrected chi connectivity index (χ2v) is 5.66. The predicted molar refractivity (Wildman–Crippen MR) is 58.7 cm³/mol. The summed E-state index contributed by atoms with van der Waals surface area (Å²) in [5.41, 5.74) is 0. The van der Waals surface area contributed by atoms with Gasteiger partial charge in [0, 0.05) is 5.41 Å². The Labute approximate surface area is 89.2 Å². The van der Waals surface area contributed by atoms with Crippen LogP contribution < -0.4 is 5.32 Å². The van der Waals surface area contributed by atoms with Gasteiger partial charge >= 0.3 is 0 Å². The SMILES string of the molecule is CC(C)OC(=S)N[C@@H]1C=CS(=O)(=O)C1. The largest absolute Gasteiger partial charge is 0.468 e. The summed E-state index contributed by atoms with van der Waals surface area (Å²) in [6.45, 7) is 3.71. The molecule has 0 aromatic heterocycles. The molecule has 0 saturated heterocycles. The minimum atomic E-state index is -3.03. The van der Waals surface area contributed by atoms with Gasteiger partial charge in [-0.15, -0.1) is 0 Å². The zero-order valence-corrected chi connectivity index (χ0v) is 9.69. The average Bonchev–Trinajstić information content (AvgIpc) is 2.27. The van der Waals surface area contributed by atoms with E-state index in [4.69, 9.17) is 17.0 Å². The Bertz CT molecular complexity index is 346. The van der Waals surface area contributed by atoms with Crippen molar-refractivity contribution in [2.24, 2.45) is 0 Å². The Balaban J connectivity index is 2.41. The normalized spacial score (nSPS) is 23.8. The summed E-state index contributed by atoms with van der Waals surface area (Å²) >= 11 is 4.88. The number of sulfone groups is 1. The number of hydrogen-bond donors (Lipinski definition) is 1. The van der Waals surface area contributed by atoms with Gasteiger partial charge in [0.2, 0.25) is 0 Å². The molecule has 14 heavy (non-hydrogen) atoms. The number of rotatable bonds is 2. The molecule has 1 aliphatic heterocycles. The lowest BCUT2D eigenvalue weighted by Crippen LogP contribution is -2.36. The number of thiocarbonyl (C=S) groups is 1. The molecule has 0 fully saturated rings. The summed E-state index contributed by atoms with van der Waals surface area (Å²) in [6.07, 6.45) is 1.57. The van der Waals surface area contributed by atoms with Crippen LogP contribution >= 0.6 is 12.2 Å². The molecule has 1 N–H and O–H groups in total. The van der Waals surface area contributed by atoms with Crippen molar-refractivity contribution in [1.82, 2.24) is 5.32 Å². The zero-order chi connectivity index (χ0) is 10.8. The molecule has 4 nitrogen and oxygen atoms in total. The van der Waals surface area contributed by atoms with E-state index in [0.717, 1.165) is 0 Å². The van der Waals surface area contributed by atoms with Crippen LogP contribution in [0.1, 0.15) is 13.8 Å². The molecule has 1 heterocycles. The summed E-state index contributed by atoms with van der Waals surface area (Å²) in [5.74, 6) is 0.0502. The second-order valence-electron chi connectivity index (χ2n) is 3.36.